The monoisotopic (exact) mass is 336 g/mol. The maximum atomic E-state index is 13.3. The summed E-state index contributed by atoms with van der Waals surface area (Å²) in [7, 11) is 0. The number of hydrogen-bond acceptors (Lipinski definition) is 4. The Labute approximate surface area is 121 Å². The molecule has 20 heavy (non-hydrogen) atoms. The van der Waals surface area contributed by atoms with Crippen LogP contribution in [0.2, 0.25) is 0 Å². The fraction of sp³-hybridized carbons (Fsp3) is 0. The number of rotatable bonds is 3. The second-order valence-corrected chi connectivity index (χ2v) is 4.71. The molecular weight excluding hydrogens is 331 g/mol. The largest absolute Gasteiger partial charge is 0.457 e. The van der Waals surface area contributed by atoms with Gasteiger partial charge in [0.1, 0.15) is 17.3 Å². The molecule has 2 aromatic rings. The fourth-order valence-corrected chi connectivity index (χ4v) is 1.99. The number of nitro benzene ring substituents is 1. The number of ether oxygens (including phenoxy) is 1. The number of benzene rings is 2. The van der Waals surface area contributed by atoms with Crippen molar-refractivity contribution in [2.45, 2.75) is 0 Å². The van der Waals surface area contributed by atoms with Gasteiger partial charge in [0.25, 0.3) is 5.69 Å². The van der Waals surface area contributed by atoms with Crippen LogP contribution in [0.25, 0.3) is 0 Å². The van der Waals surface area contributed by atoms with Crippen molar-refractivity contribution in [2.24, 2.45) is 0 Å². The maximum Gasteiger partial charge on any atom is 0.274 e. The Morgan fingerprint density at radius 2 is 1.90 bits per heavy atom. The Balaban J connectivity index is 2.37. The van der Waals surface area contributed by atoms with E-state index in [1.807, 2.05) is 0 Å². The van der Waals surface area contributed by atoms with Crippen LogP contribution in [0.1, 0.15) is 5.56 Å². The first kappa shape index (κ1) is 14.0. The lowest BCUT2D eigenvalue weighted by Crippen LogP contribution is -1.91. The Kier molecular flexibility index (Phi) is 3.96. The molecule has 0 fully saturated rings. The number of non-ortho nitro benzene ring substituents is 1. The zero-order valence-corrected chi connectivity index (χ0v) is 11.4. The molecule has 5 nitrogen and oxygen atoms in total. The SMILES string of the molecule is N#Cc1cc(F)cc(Oc2cc(Br)cc([N+](=O)[O-])c2)c1. The minimum Gasteiger partial charge on any atom is -0.457 e. The van der Waals surface area contributed by atoms with Gasteiger partial charge >= 0.3 is 0 Å². The molecular formula is C13H6BrFN2O3. The molecule has 0 saturated carbocycles. The number of nitrogens with zero attached hydrogens (tertiary/aromatic N) is 2. The molecule has 0 heterocycles. The first-order valence-electron chi connectivity index (χ1n) is 5.31. The Bertz CT molecular complexity index is 728. The van der Waals surface area contributed by atoms with Crippen LogP contribution >= 0.6 is 15.9 Å². The second-order valence-electron chi connectivity index (χ2n) is 3.79. The molecule has 0 saturated heterocycles. The molecule has 0 aliphatic heterocycles. The van der Waals surface area contributed by atoms with E-state index in [-0.39, 0.29) is 22.7 Å². The van der Waals surface area contributed by atoms with Crippen LogP contribution in [0.4, 0.5) is 10.1 Å². The van der Waals surface area contributed by atoms with Gasteiger partial charge in [-0.15, -0.1) is 0 Å². The fourth-order valence-electron chi connectivity index (χ4n) is 1.53. The van der Waals surface area contributed by atoms with Crippen LogP contribution in [0.5, 0.6) is 11.5 Å². The van der Waals surface area contributed by atoms with E-state index < -0.39 is 10.7 Å². The summed E-state index contributed by atoms with van der Waals surface area (Å²) in [5, 5.41) is 19.5. The van der Waals surface area contributed by atoms with E-state index in [2.05, 4.69) is 15.9 Å². The summed E-state index contributed by atoms with van der Waals surface area (Å²) < 4.78 is 19.1. The molecule has 0 aliphatic carbocycles. The van der Waals surface area contributed by atoms with Gasteiger partial charge in [-0.25, -0.2) is 4.39 Å². The van der Waals surface area contributed by atoms with E-state index in [1.165, 1.54) is 24.3 Å². The maximum absolute atomic E-state index is 13.3. The van der Waals surface area contributed by atoms with E-state index >= 15 is 0 Å². The highest BCUT2D eigenvalue weighted by atomic mass is 79.9. The summed E-state index contributed by atoms with van der Waals surface area (Å²) in [6, 6.07) is 9.33. The molecule has 2 aromatic carbocycles. The standard InChI is InChI=1S/C13H6BrFN2O3/c14-9-3-11(17(18)19)6-13(4-9)20-12-2-8(7-16)1-10(15)5-12/h1-6H. The molecule has 0 atom stereocenters. The third kappa shape index (κ3) is 3.30. The normalized spacial score (nSPS) is 9.85. The Morgan fingerprint density at radius 3 is 2.55 bits per heavy atom. The average Bonchev–Trinajstić information content (AvgIpc) is 2.37. The van der Waals surface area contributed by atoms with Crippen molar-refractivity contribution < 1.29 is 14.1 Å². The molecule has 0 radical (unpaired) electrons. The van der Waals surface area contributed by atoms with Gasteiger partial charge < -0.3 is 4.74 Å². The van der Waals surface area contributed by atoms with Crippen molar-refractivity contribution in [1.29, 1.82) is 5.26 Å². The van der Waals surface area contributed by atoms with Crippen LogP contribution in [0.3, 0.4) is 0 Å². The lowest BCUT2D eigenvalue weighted by molar-refractivity contribution is -0.385. The zero-order valence-electron chi connectivity index (χ0n) is 9.84. The highest BCUT2D eigenvalue weighted by molar-refractivity contribution is 9.10. The van der Waals surface area contributed by atoms with Gasteiger partial charge in [0.2, 0.25) is 0 Å². The molecule has 0 aliphatic rings. The van der Waals surface area contributed by atoms with Gasteiger partial charge in [-0.2, -0.15) is 5.26 Å². The minimum atomic E-state index is -0.622. The highest BCUT2D eigenvalue weighted by Crippen LogP contribution is 2.30. The molecule has 100 valence electrons. The summed E-state index contributed by atoms with van der Waals surface area (Å²) in [5.74, 6) is -0.363. The number of nitriles is 1. The smallest absolute Gasteiger partial charge is 0.274 e. The lowest BCUT2D eigenvalue weighted by atomic mass is 10.2. The molecule has 0 amide bonds. The summed E-state index contributed by atoms with van der Waals surface area (Å²) >= 11 is 3.13. The molecule has 0 spiro atoms. The molecule has 0 N–H and O–H groups in total. The van der Waals surface area contributed by atoms with Crippen molar-refractivity contribution in [3.05, 3.63) is 62.4 Å². The first-order valence-corrected chi connectivity index (χ1v) is 6.11. The van der Waals surface area contributed by atoms with E-state index in [0.717, 1.165) is 12.1 Å². The van der Waals surface area contributed by atoms with E-state index in [9.17, 15) is 14.5 Å². The second kappa shape index (κ2) is 5.67. The first-order chi connectivity index (χ1) is 9.47. The molecule has 2 rings (SSSR count). The van der Waals surface area contributed by atoms with Gasteiger partial charge in [0.05, 0.1) is 22.6 Å². The Morgan fingerprint density at radius 1 is 1.20 bits per heavy atom. The summed E-state index contributed by atoms with van der Waals surface area (Å²) in [5.41, 5.74) is -0.0595. The van der Waals surface area contributed by atoms with Crippen LogP contribution in [0.15, 0.2) is 40.9 Å². The molecule has 7 heteroatoms. The van der Waals surface area contributed by atoms with E-state index in [4.69, 9.17) is 10.00 Å². The summed E-state index contributed by atoms with van der Waals surface area (Å²) in [4.78, 5) is 10.2. The van der Waals surface area contributed by atoms with E-state index in [1.54, 1.807) is 6.07 Å². The topological polar surface area (TPSA) is 76.2 Å². The summed E-state index contributed by atoms with van der Waals surface area (Å²) in [6.07, 6.45) is 0. The van der Waals surface area contributed by atoms with Crippen LogP contribution in [0, 0.1) is 27.3 Å². The number of hydrogen-bond donors (Lipinski definition) is 0. The molecule has 0 unspecified atom stereocenters. The van der Waals surface area contributed by atoms with Crippen LogP contribution in [-0.4, -0.2) is 4.92 Å². The third-order valence-corrected chi connectivity index (χ3v) is 2.76. The van der Waals surface area contributed by atoms with Gasteiger partial charge in [0, 0.05) is 16.6 Å². The van der Waals surface area contributed by atoms with Crippen molar-refractivity contribution in [1.82, 2.24) is 0 Å². The zero-order chi connectivity index (χ0) is 14.7. The predicted molar refractivity (Wildman–Crippen MR) is 72.0 cm³/mol. The molecule has 0 bridgehead atoms. The Hall–Kier alpha value is -2.46. The van der Waals surface area contributed by atoms with E-state index in [0.29, 0.717) is 4.47 Å². The predicted octanol–water partition coefficient (Wildman–Crippen LogP) is 4.16. The van der Waals surface area contributed by atoms with Crippen LogP contribution in [-0.2, 0) is 0 Å². The third-order valence-electron chi connectivity index (χ3n) is 2.30. The average molecular weight is 337 g/mol. The van der Waals surface area contributed by atoms with Gasteiger partial charge in [-0.05, 0) is 18.2 Å². The lowest BCUT2D eigenvalue weighted by Gasteiger charge is -2.06. The van der Waals surface area contributed by atoms with Crippen molar-refractivity contribution >= 4 is 21.6 Å². The number of halogens is 2. The quantitative estimate of drug-likeness (QED) is 0.622. The molecule has 0 aromatic heterocycles. The van der Waals surface area contributed by atoms with Gasteiger partial charge in [-0.1, -0.05) is 15.9 Å². The van der Waals surface area contributed by atoms with Gasteiger partial charge in [0.15, 0.2) is 0 Å². The summed E-state index contributed by atoms with van der Waals surface area (Å²) in [6.45, 7) is 0. The van der Waals surface area contributed by atoms with Crippen molar-refractivity contribution in [3.8, 4) is 17.6 Å². The van der Waals surface area contributed by atoms with Crippen molar-refractivity contribution in [2.75, 3.05) is 0 Å². The number of nitro groups is 1. The van der Waals surface area contributed by atoms with Crippen LogP contribution < -0.4 is 4.74 Å². The van der Waals surface area contributed by atoms with Crippen molar-refractivity contribution in [3.63, 3.8) is 0 Å². The van der Waals surface area contributed by atoms with Gasteiger partial charge in [-0.3, -0.25) is 10.1 Å². The highest BCUT2D eigenvalue weighted by Gasteiger charge is 2.11. The minimum absolute atomic E-state index is 0.0916.